The number of likely N-dealkylation sites (tertiary alicyclic amines) is 1. The van der Waals surface area contributed by atoms with E-state index in [1.807, 2.05) is 18.2 Å². The highest BCUT2D eigenvalue weighted by molar-refractivity contribution is 7.13. The van der Waals surface area contributed by atoms with Gasteiger partial charge in [-0.1, -0.05) is 30.3 Å². The number of nitrogens with one attached hydrogen (secondary N) is 2. The van der Waals surface area contributed by atoms with Crippen molar-refractivity contribution in [2.75, 3.05) is 19.6 Å². The summed E-state index contributed by atoms with van der Waals surface area (Å²) in [5.74, 6) is -0.293. The number of carbonyl (C=O) groups excluding carboxylic acids is 2. The van der Waals surface area contributed by atoms with Crippen molar-refractivity contribution < 1.29 is 14.7 Å². The van der Waals surface area contributed by atoms with Crippen molar-refractivity contribution >= 4 is 23.3 Å². The van der Waals surface area contributed by atoms with Crippen molar-refractivity contribution in [1.82, 2.24) is 15.5 Å². The molecule has 1 aromatic carbocycles. The number of rotatable bonds is 3. The maximum absolute atomic E-state index is 12.4. The second-order valence-electron chi connectivity index (χ2n) is 7.30. The molecule has 1 unspecified atom stereocenters. The molecule has 1 spiro atoms. The summed E-state index contributed by atoms with van der Waals surface area (Å²) in [4.78, 5) is 27.0. The topological polar surface area (TPSA) is 81.7 Å². The standard InChI is InChI=1S/C20H23N3O3S/c24-17-18(25)22-13-20(17)7-9-23(10-8-20)19(26)21-12-14-3-5-15(6-4-14)16-2-1-11-27-16/h1-6,11,17,24H,7-10,12-13H2,(H,21,26)(H,22,25). The van der Waals surface area contributed by atoms with Crippen molar-refractivity contribution in [3.8, 4) is 10.4 Å². The van der Waals surface area contributed by atoms with Crippen LogP contribution in [0.5, 0.6) is 0 Å². The second-order valence-corrected chi connectivity index (χ2v) is 8.25. The first kappa shape index (κ1) is 18.0. The molecular formula is C20H23N3O3S. The van der Waals surface area contributed by atoms with E-state index in [2.05, 4.69) is 34.2 Å². The molecule has 3 amide bonds. The van der Waals surface area contributed by atoms with E-state index in [1.165, 1.54) is 10.4 Å². The maximum atomic E-state index is 12.4. The quantitative estimate of drug-likeness (QED) is 0.758. The summed E-state index contributed by atoms with van der Waals surface area (Å²) in [7, 11) is 0. The first-order chi connectivity index (χ1) is 13.1. The largest absolute Gasteiger partial charge is 0.383 e. The van der Waals surface area contributed by atoms with E-state index in [4.69, 9.17) is 0 Å². The molecule has 2 aromatic rings. The third-order valence-corrected chi connectivity index (χ3v) is 6.61. The normalized spacial score (nSPS) is 21.3. The van der Waals surface area contributed by atoms with Gasteiger partial charge in [-0.05, 0) is 35.4 Å². The summed E-state index contributed by atoms with van der Waals surface area (Å²) in [6.07, 6.45) is 0.315. The van der Waals surface area contributed by atoms with Crippen LogP contribution in [0.25, 0.3) is 10.4 Å². The van der Waals surface area contributed by atoms with Crippen LogP contribution in [0, 0.1) is 5.41 Å². The number of benzene rings is 1. The molecule has 0 saturated carbocycles. The Morgan fingerprint density at radius 2 is 2.00 bits per heavy atom. The van der Waals surface area contributed by atoms with E-state index >= 15 is 0 Å². The molecule has 2 aliphatic rings. The van der Waals surface area contributed by atoms with E-state index in [-0.39, 0.29) is 11.9 Å². The number of aliphatic hydroxyl groups excluding tert-OH is 1. The molecule has 0 radical (unpaired) electrons. The van der Waals surface area contributed by atoms with Crippen LogP contribution in [-0.4, -0.2) is 47.7 Å². The summed E-state index contributed by atoms with van der Waals surface area (Å²) in [5, 5.41) is 17.9. The first-order valence-electron chi connectivity index (χ1n) is 9.19. The second kappa shape index (κ2) is 7.32. The van der Waals surface area contributed by atoms with Crippen molar-refractivity contribution in [2.45, 2.75) is 25.5 Å². The predicted octanol–water partition coefficient (Wildman–Crippen LogP) is 2.20. The Labute approximate surface area is 162 Å². The van der Waals surface area contributed by atoms with Crippen LogP contribution in [0.4, 0.5) is 4.79 Å². The average molecular weight is 385 g/mol. The molecule has 6 nitrogen and oxygen atoms in total. The van der Waals surface area contributed by atoms with Crippen molar-refractivity contribution in [2.24, 2.45) is 5.41 Å². The van der Waals surface area contributed by atoms with Crippen molar-refractivity contribution in [3.63, 3.8) is 0 Å². The maximum Gasteiger partial charge on any atom is 0.317 e. The van der Waals surface area contributed by atoms with Gasteiger partial charge in [0.1, 0.15) is 6.10 Å². The van der Waals surface area contributed by atoms with Gasteiger partial charge >= 0.3 is 6.03 Å². The zero-order chi connectivity index (χ0) is 18.9. The number of hydrogen-bond donors (Lipinski definition) is 3. The fraction of sp³-hybridized carbons (Fsp3) is 0.400. The minimum absolute atomic E-state index is 0.0982. The Morgan fingerprint density at radius 1 is 1.26 bits per heavy atom. The average Bonchev–Trinajstić information content (AvgIpc) is 3.33. The lowest BCUT2D eigenvalue weighted by atomic mass is 9.76. The van der Waals surface area contributed by atoms with Gasteiger partial charge in [0.15, 0.2) is 0 Å². The lowest BCUT2D eigenvalue weighted by Crippen LogP contribution is -2.50. The van der Waals surface area contributed by atoms with Crippen LogP contribution in [0.2, 0.25) is 0 Å². The van der Waals surface area contributed by atoms with E-state index in [0.29, 0.717) is 39.0 Å². The summed E-state index contributed by atoms with van der Waals surface area (Å²) in [6, 6.07) is 12.2. The van der Waals surface area contributed by atoms with Crippen LogP contribution >= 0.6 is 11.3 Å². The van der Waals surface area contributed by atoms with Crippen LogP contribution < -0.4 is 10.6 Å². The van der Waals surface area contributed by atoms with Gasteiger partial charge in [-0.3, -0.25) is 4.79 Å². The fourth-order valence-corrected chi connectivity index (χ4v) is 4.59. The van der Waals surface area contributed by atoms with Crippen LogP contribution in [0.15, 0.2) is 41.8 Å². The minimum Gasteiger partial charge on any atom is -0.383 e. The van der Waals surface area contributed by atoms with Gasteiger partial charge in [0, 0.05) is 36.5 Å². The van der Waals surface area contributed by atoms with E-state index in [9.17, 15) is 14.7 Å². The molecule has 7 heteroatoms. The number of urea groups is 1. The monoisotopic (exact) mass is 385 g/mol. The fourth-order valence-electron chi connectivity index (χ4n) is 3.86. The van der Waals surface area contributed by atoms with E-state index in [1.54, 1.807) is 16.2 Å². The molecule has 0 bridgehead atoms. The zero-order valence-electron chi connectivity index (χ0n) is 15.0. The molecule has 27 heavy (non-hydrogen) atoms. The zero-order valence-corrected chi connectivity index (χ0v) is 15.8. The number of amides is 3. The number of hydrogen-bond acceptors (Lipinski definition) is 4. The SMILES string of the molecule is O=C1NCC2(CCN(C(=O)NCc3ccc(-c4cccs4)cc3)CC2)C1O. The third-order valence-electron chi connectivity index (χ3n) is 5.69. The molecule has 2 fully saturated rings. The molecule has 3 N–H and O–H groups in total. The molecule has 2 saturated heterocycles. The molecule has 142 valence electrons. The highest BCUT2D eigenvalue weighted by Gasteiger charge is 2.49. The Hall–Kier alpha value is -2.38. The Morgan fingerprint density at radius 3 is 2.59 bits per heavy atom. The van der Waals surface area contributed by atoms with Gasteiger partial charge < -0.3 is 20.6 Å². The highest BCUT2D eigenvalue weighted by Crippen LogP contribution is 2.37. The van der Waals surface area contributed by atoms with Gasteiger partial charge in [0.05, 0.1) is 0 Å². The Kier molecular flexibility index (Phi) is 4.88. The summed E-state index contributed by atoms with van der Waals surface area (Å²) >= 11 is 1.71. The molecule has 2 aliphatic heterocycles. The van der Waals surface area contributed by atoms with Gasteiger partial charge in [-0.15, -0.1) is 11.3 Å². The van der Waals surface area contributed by atoms with Crippen LogP contribution in [-0.2, 0) is 11.3 Å². The summed E-state index contributed by atoms with van der Waals surface area (Å²) in [6.45, 7) is 2.08. The number of piperidine rings is 1. The predicted molar refractivity (Wildman–Crippen MR) is 104 cm³/mol. The van der Waals surface area contributed by atoms with Crippen molar-refractivity contribution in [1.29, 1.82) is 0 Å². The van der Waals surface area contributed by atoms with Gasteiger partial charge in [0.2, 0.25) is 5.91 Å². The van der Waals surface area contributed by atoms with E-state index in [0.717, 1.165) is 5.56 Å². The molecular weight excluding hydrogens is 362 g/mol. The molecule has 0 aliphatic carbocycles. The lowest BCUT2D eigenvalue weighted by Gasteiger charge is -2.39. The van der Waals surface area contributed by atoms with Gasteiger partial charge in [-0.25, -0.2) is 4.79 Å². The number of carbonyl (C=O) groups is 2. The third kappa shape index (κ3) is 3.57. The molecule has 3 heterocycles. The summed E-state index contributed by atoms with van der Waals surface area (Å²) in [5.41, 5.74) is 1.82. The first-order valence-corrected chi connectivity index (χ1v) is 10.1. The van der Waals surface area contributed by atoms with Gasteiger partial charge in [-0.2, -0.15) is 0 Å². The minimum atomic E-state index is -0.954. The molecule has 1 atom stereocenters. The van der Waals surface area contributed by atoms with Crippen LogP contribution in [0.3, 0.4) is 0 Å². The number of aliphatic hydroxyl groups is 1. The van der Waals surface area contributed by atoms with Gasteiger partial charge in [0.25, 0.3) is 0 Å². The highest BCUT2D eigenvalue weighted by atomic mass is 32.1. The lowest BCUT2D eigenvalue weighted by molar-refractivity contribution is -0.130. The number of nitrogens with zero attached hydrogens (tertiary/aromatic N) is 1. The Bertz CT molecular complexity index is 812. The number of thiophene rings is 1. The van der Waals surface area contributed by atoms with Crippen LogP contribution in [0.1, 0.15) is 18.4 Å². The summed E-state index contributed by atoms with van der Waals surface area (Å²) < 4.78 is 0. The Balaban J connectivity index is 1.28. The smallest absolute Gasteiger partial charge is 0.317 e. The van der Waals surface area contributed by atoms with E-state index < -0.39 is 11.5 Å². The molecule has 1 aromatic heterocycles. The van der Waals surface area contributed by atoms with Crippen molar-refractivity contribution in [3.05, 3.63) is 47.3 Å². The molecule has 4 rings (SSSR count).